The largest absolute Gasteiger partial charge is 0.495 e. The van der Waals surface area contributed by atoms with Crippen molar-refractivity contribution in [2.75, 3.05) is 17.3 Å². The molecule has 0 amide bonds. The van der Waals surface area contributed by atoms with Crippen molar-refractivity contribution >= 4 is 32.8 Å². The number of methoxy groups -OCH3 is 1. The molecule has 3 rings (SSSR count). The van der Waals surface area contributed by atoms with Crippen LogP contribution in [0, 0.1) is 10.1 Å². The second-order valence-electron chi connectivity index (χ2n) is 6.29. The van der Waals surface area contributed by atoms with E-state index in [1.807, 2.05) is 0 Å². The van der Waals surface area contributed by atoms with Gasteiger partial charge in [-0.3, -0.25) is 25.2 Å². The van der Waals surface area contributed by atoms with Crippen LogP contribution in [0.3, 0.4) is 0 Å². The lowest BCUT2D eigenvalue weighted by atomic mass is 10.2. The Morgan fingerprint density at radius 2 is 1.90 bits per heavy atom. The highest BCUT2D eigenvalue weighted by atomic mass is 32.2. The molecule has 2 N–H and O–H groups in total. The molecule has 0 unspecified atom stereocenters. The van der Waals surface area contributed by atoms with Gasteiger partial charge in [-0.05, 0) is 37.3 Å². The van der Waals surface area contributed by atoms with Crippen LogP contribution >= 0.6 is 0 Å². The highest BCUT2D eigenvalue weighted by molar-refractivity contribution is 7.92. The van der Waals surface area contributed by atoms with Gasteiger partial charge >= 0.3 is 0 Å². The average molecular weight is 441 g/mol. The summed E-state index contributed by atoms with van der Waals surface area (Å²) < 4.78 is 33.0. The zero-order valence-corrected chi connectivity index (χ0v) is 17.5. The number of hydrogen-bond acceptors (Lipinski definition) is 8. The lowest BCUT2D eigenvalue weighted by Gasteiger charge is -2.12. The van der Waals surface area contributed by atoms with Gasteiger partial charge in [0.2, 0.25) is 0 Å². The number of ether oxygens (including phenoxy) is 1. The van der Waals surface area contributed by atoms with E-state index in [0.717, 1.165) is 11.6 Å². The van der Waals surface area contributed by atoms with Gasteiger partial charge in [0.15, 0.2) is 0 Å². The molecule has 0 radical (unpaired) electrons. The lowest BCUT2D eigenvalue weighted by Crippen LogP contribution is -2.14. The van der Waals surface area contributed by atoms with Gasteiger partial charge in [0.05, 0.1) is 28.3 Å². The van der Waals surface area contributed by atoms with Crippen molar-refractivity contribution in [3.63, 3.8) is 0 Å². The first-order chi connectivity index (χ1) is 14.8. The van der Waals surface area contributed by atoms with Gasteiger partial charge < -0.3 is 4.74 Å². The first kappa shape index (κ1) is 21.7. The van der Waals surface area contributed by atoms with Crippen LogP contribution in [-0.4, -0.2) is 31.1 Å². The molecule has 0 atom stereocenters. The SMILES string of the molecule is COc1ccccc1NS(=O)(=O)c1ccc(N/N=C(\C)c2cccnc2)c([N+](=O)[O-])c1. The minimum absolute atomic E-state index is 0.0458. The van der Waals surface area contributed by atoms with Gasteiger partial charge in [-0.1, -0.05) is 18.2 Å². The molecule has 11 heteroatoms. The molecule has 0 saturated heterocycles. The highest BCUT2D eigenvalue weighted by Crippen LogP contribution is 2.30. The van der Waals surface area contributed by atoms with Gasteiger partial charge in [0.1, 0.15) is 11.4 Å². The van der Waals surface area contributed by atoms with Gasteiger partial charge in [-0.25, -0.2) is 8.42 Å². The van der Waals surface area contributed by atoms with Crippen molar-refractivity contribution in [2.45, 2.75) is 11.8 Å². The molecular weight excluding hydrogens is 422 g/mol. The first-order valence-corrected chi connectivity index (χ1v) is 10.4. The third-order valence-corrected chi connectivity index (χ3v) is 5.61. The van der Waals surface area contributed by atoms with Crippen molar-refractivity contribution in [3.05, 3.63) is 82.7 Å². The van der Waals surface area contributed by atoms with E-state index in [9.17, 15) is 18.5 Å². The number of nitro groups is 1. The molecule has 1 aromatic heterocycles. The molecular formula is C20H19N5O5S. The smallest absolute Gasteiger partial charge is 0.295 e. The molecule has 0 saturated carbocycles. The highest BCUT2D eigenvalue weighted by Gasteiger charge is 2.22. The molecule has 0 fully saturated rings. The lowest BCUT2D eigenvalue weighted by molar-refractivity contribution is -0.384. The maximum Gasteiger partial charge on any atom is 0.295 e. The summed E-state index contributed by atoms with van der Waals surface area (Å²) in [6, 6.07) is 13.5. The normalized spacial score (nSPS) is 11.6. The van der Waals surface area contributed by atoms with Crippen molar-refractivity contribution in [1.82, 2.24) is 4.98 Å². The van der Waals surface area contributed by atoms with Crippen molar-refractivity contribution in [1.29, 1.82) is 0 Å². The molecule has 0 bridgehead atoms. The molecule has 3 aromatic rings. The summed E-state index contributed by atoms with van der Waals surface area (Å²) in [6.07, 6.45) is 3.22. The van der Waals surface area contributed by atoms with E-state index in [0.29, 0.717) is 11.5 Å². The topological polar surface area (TPSA) is 136 Å². The number of para-hydroxylation sites is 2. The van der Waals surface area contributed by atoms with Crippen LogP contribution in [0.1, 0.15) is 12.5 Å². The van der Waals surface area contributed by atoms with Crippen LogP contribution < -0.4 is 14.9 Å². The average Bonchev–Trinajstić information content (AvgIpc) is 2.78. The van der Waals surface area contributed by atoms with E-state index in [1.165, 1.54) is 25.3 Å². The monoisotopic (exact) mass is 441 g/mol. The Balaban J connectivity index is 1.90. The van der Waals surface area contributed by atoms with Crippen LogP contribution in [0.25, 0.3) is 0 Å². The number of benzene rings is 2. The van der Waals surface area contributed by atoms with Crippen molar-refractivity contribution in [3.8, 4) is 5.75 Å². The zero-order chi connectivity index (χ0) is 22.4. The maximum absolute atomic E-state index is 12.8. The quantitative estimate of drug-likeness (QED) is 0.309. The summed E-state index contributed by atoms with van der Waals surface area (Å²) in [5.41, 5.74) is 3.73. The fourth-order valence-corrected chi connectivity index (χ4v) is 3.73. The van der Waals surface area contributed by atoms with Gasteiger partial charge in [-0.15, -0.1) is 0 Å². The van der Waals surface area contributed by atoms with E-state index >= 15 is 0 Å². The summed E-state index contributed by atoms with van der Waals surface area (Å²) in [7, 11) is -2.69. The van der Waals surface area contributed by atoms with E-state index in [2.05, 4.69) is 20.2 Å². The fourth-order valence-electron chi connectivity index (χ4n) is 2.64. The standard InChI is InChI=1S/C20H19N5O5S/c1-14(15-6-5-11-21-13-15)22-23-17-10-9-16(12-19(17)25(26)27)31(28,29)24-18-7-3-4-8-20(18)30-2/h3-13,23-24H,1-2H3/b22-14+. The number of nitrogens with one attached hydrogen (secondary N) is 2. The van der Waals surface area contributed by atoms with E-state index in [1.54, 1.807) is 49.6 Å². The Morgan fingerprint density at radius 3 is 2.58 bits per heavy atom. The molecule has 0 aliphatic carbocycles. The van der Waals surface area contributed by atoms with E-state index in [-0.39, 0.29) is 16.3 Å². The minimum Gasteiger partial charge on any atom is -0.495 e. The van der Waals surface area contributed by atoms with Crippen molar-refractivity contribution < 1.29 is 18.1 Å². The zero-order valence-electron chi connectivity index (χ0n) is 16.6. The minimum atomic E-state index is -4.10. The van der Waals surface area contributed by atoms with Crippen LogP contribution in [0.2, 0.25) is 0 Å². The Hall–Kier alpha value is -3.99. The maximum atomic E-state index is 12.8. The third-order valence-electron chi connectivity index (χ3n) is 4.25. The summed E-state index contributed by atoms with van der Waals surface area (Å²) in [4.78, 5) is 14.6. The van der Waals surface area contributed by atoms with Gasteiger partial charge in [0, 0.05) is 24.0 Å². The number of hydrazone groups is 1. The first-order valence-electron chi connectivity index (χ1n) is 8.97. The second-order valence-corrected chi connectivity index (χ2v) is 7.97. The molecule has 1 heterocycles. The second kappa shape index (κ2) is 9.22. The Labute approximate surface area is 178 Å². The number of sulfonamides is 1. The molecule has 0 spiro atoms. The number of nitrogens with zero attached hydrogens (tertiary/aromatic N) is 3. The summed E-state index contributed by atoms with van der Waals surface area (Å²) in [5.74, 6) is 0.319. The molecule has 2 aromatic carbocycles. The fraction of sp³-hybridized carbons (Fsp3) is 0.100. The number of nitro benzene ring substituents is 1. The number of pyridine rings is 1. The molecule has 160 valence electrons. The van der Waals surface area contributed by atoms with Crippen LogP contribution in [0.15, 0.2) is 77.0 Å². The number of anilines is 2. The van der Waals surface area contributed by atoms with Crippen LogP contribution in [-0.2, 0) is 10.0 Å². The Kier molecular flexibility index (Phi) is 6.46. The molecule has 10 nitrogen and oxygen atoms in total. The number of rotatable bonds is 8. The predicted octanol–water partition coefficient (Wildman–Crippen LogP) is 3.64. The Bertz CT molecular complexity index is 1230. The third kappa shape index (κ3) is 5.14. The Morgan fingerprint density at radius 1 is 1.13 bits per heavy atom. The van der Waals surface area contributed by atoms with E-state index in [4.69, 9.17) is 4.74 Å². The summed E-state index contributed by atoms with van der Waals surface area (Å²) >= 11 is 0. The van der Waals surface area contributed by atoms with Crippen LogP contribution in [0.5, 0.6) is 5.75 Å². The van der Waals surface area contributed by atoms with Gasteiger partial charge in [0.25, 0.3) is 15.7 Å². The molecule has 31 heavy (non-hydrogen) atoms. The van der Waals surface area contributed by atoms with Crippen molar-refractivity contribution in [2.24, 2.45) is 5.10 Å². The van der Waals surface area contributed by atoms with Crippen LogP contribution in [0.4, 0.5) is 17.1 Å². The van der Waals surface area contributed by atoms with E-state index < -0.39 is 20.6 Å². The van der Waals surface area contributed by atoms with Gasteiger partial charge in [-0.2, -0.15) is 5.10 Å². The number of hydrogen-bond donors (Lipinski definition) is 2. The summed E-state index contributed by atoms with van der Waals surface area (Å²) in [5, 5.41) is 15.7. The number of aromatic nitrogens is 1. The molecule has 0 aliphatic heterocycles. The molecule has 0 aliphatic rings. The summed E-state index contributed by atoms with van der Waals surface area (Å²) in [6.45, 7) is 1.71. The predicted molar refractivity (Wildman–Crippen MR) is 117 cm³/mol.